The summed E-state index contributed by atoms with van der Waals surface area (Å²) in [5.41, 5.74) is -1.03. The highest BCUT2D eigenvalue weighted by Gasteiger charge is 2.78. The van der Waals surface area contributed by atoms with Gasteiger partial charge in [-0.05, 0) is 67.7 Å². The van der Waals surface area contributed by atoms with Gasteiger partial charge in [0, 0.05) is 5.92 Å². The summed E-state index contributed by atoms with van der Waals surface area (Å²) in [4.78, 5) is 0. The Morgan fingerprint density at radius 2 is 0.699 bits per heavy atom. The van der Waals surface area contributed by atoms with Crippen LogP contribution in [0.1, 0.15) is 83.1 Å². The third-order valence-electron chi connectivity index (χ3n) is 20.4. The Morgan fingerprint density at radius 1 is 0.387 bits per heavy atom. The van der Waals surface area contributed by atoms with Gasteiger partial charge in [-0.3, -0.25) is 0 Å². The molecule has 0 amide bonds. The lowest BCUT2D eigenvalue weighted by atomic mass is 9.85. The number of benzene rings is 8. The maximum atomic E-state index is 13.6. The molecule has 93 heavy (non-hydrogen) atoms. The van der Waals surface area contributed by atoms with E-state index in [2.05, 4.69) is 283 Å². The Hall–Kier alpha value is -6.19. The van der Waals surface area contributed by atoms with Crippen LogP contribution < -0.4 is 41.5 Å². The predicted octanol–water partition coefficient (Wildman–Crippen LogP) is 10.7. The average Bonchev–Trinajstić information content (AvgIpc) is 1.51. The molecule has 14 heteroatoms. The molecule has 0 bridgehead atoms. The lowest BCUT2D eigenvalue weighted by molar-refractivity contribution is -0.342. The lowest BCUT2D eigenvalue weighted by Gasteiger charge is -2.51. The molecule has 4 aliphatic rings. The van der Waals surface area contributed by atoms with Crippen LogP contribution in [0.2, 0.25) is 20.2 Å². The summed E-state index contributed by atoms with van der Waals surface area (Å²) in [6.07, 6.45) is -4.93. The fourth-order valence-electron chi connectivity index (χ4n) is 16.1. The van der Waals surface area contributed by atoms with Crippen LogP contribution in [0, 0.1) is 11.8 Å². The van der Waals surface area contributed by atoms with Crippen molar-refractivity contribution in [1.29, 1.82) is 0 Å². The summed E-state index contributed by atoms with van der Waals surface area (Å²) >= 11 is 0. The number of hydrogen-bond donors (Lipinski definition) is 2. The van der Waals surface area contributed by atoms with Crippen molar-refractivity contribution in [2.24, 2.45) is 11.8 Å². The van der Waals surface area contributed by atoms with E-state index in [1.165, 1.54) is 0 Å². The zero-order valence-electron chi connectivity index (χ0n) is 56.1. The number of epoxide rings is 1. The minimum atomic E-state index is -3.52. The molecule has 2 N–H and O–H groups in total. The zero-order valence-corrected chi connectivity index (χ0v) is 60.1. The maximum absolute atomic E-state index is 13.6. The predicted molar refractivity (Wildman–Crippen MR) is 382 cm³/mol. The van der Waals surface area contributed by atoms with Gasteiger partial charge >= 0.3 is 0 Å². The number of aliphatic hydroxyl groups excluding tert-OH is 2. The van der Waals surface area contributed by atoms with Crippen molar-refractivity contribution in [3.63, 3.8) is 0 Å². The first-order chi connectivity index (χ1) is 44.4. The second-order valence-electron chi connectivity index (χ2n) is 30.0. The summed E-state index contributed by atoms with van der Waals surface area (Å²) in [6.45, 7) is 27.2. The van der Waals surface area contributed by atoms with Gasteiger partial charge in [-0.2, -0.15) is 0 Å². The summed E-state index contributed by atoms with van der Waals surface area (Å²) in [5.74, 6) is -0.906. The molecule has 0 unspecified atom stereocenters. The fraction of sp³-hybridized carbons (Fsp3) is 0.367. The molecule has 1 aliphatic carbocycles. The number of aliphatic hydroxyl groups is 2. The second kappa shape index (κ2) is 26.1. The Bertz CT molecular complexity index is 3600. The molecule has 0 spiro atoms. The van der Waals surface area contributed by atoms with E-state index in [4.69, 9.17) is 36.7 Å². The fourth-order valence-corrected chi connectivity index (χ4v) is 34.7. The SMILES string of the molecule is CC(C)(C)[Si](OC[C@H]1O[C@@H](O[C@@H]2OC=C[C@H]3[C@@H](O[Si](c4ccccc4)(c4ccccc4)C(C)(C)C)[C@@H]4O[C@]4(CO[Si](c4ccccc4)(c4ccccc4)C(C)(C)C)[C@@H]23)[C@H](O)[C@@H](O[Si](c2ccccc2)(c2ccccc2)C(C)(C)C)[C@@H]1O)(c1ccccc1)c1ccccc1. The van der Waals surface area contributed by atoms with E-state index in [9.17, 15) is 10.2 Å². The quantitative estimate of drug-likeness (QED) is 0.0564. The number of rotatable bonds is 20. The first-order valence-corrected chi connectivity index (χ1v) is 40.8. The van der Waals surface area contributed by atoms with E-state index in [1.54, 1.807) is 6.26 Å². The van der Waals surface area contributed by atoms with E-state index >= 15 is 0 Å². The molecule has 8 aromatic carbocycles. The van der Waals surface area contributed by atoms with Gasteiger partial charge in [0.1, 0.15) is 36.1 Å². The summed E-state index contributed by atoms with van der Waals surface area (Å²) in [5, 5.41) is 34.1. The van der Waals surface area contributed by atoms with Crippen molar-refractivity contribution >= 4 is 74.8 Å². The highest BCUT2D eigenvalue weighted by atomic mass is 28.4. The van der Waals surface area contributed by atoms with Crippen LogP contribution in [-0.2, 0) is 36.7 Å². The van der Waals surface area contributed by atoms with E-state index in [1.807, 2.05) is 48.5 Å². The van der Waals surface area contributed by atoms with Crippen LogP contribution >= 0.6 is 0 Å². The van der Waals surface area contributed by atoms with Crippen LogP contribution in [0.25, 0.3) is 0 Å². The largest absolute Gasteiger partial charge is 0.472 e. The van der Waals surface area contributed by atoms with Crippen molar-refractivity contribution in [1.82, 2.24) is 0 Å². The van der Waals surface area contributed by atoms with Crippen molar-refractivity contribution in [3.8, 4) is 0 Å². The minimum absolute atomic E-state index is 0.0606. The second-order valence-corrected chi connectivity index (χ2v) is 47.1. The van der Waals surface area contributed by atoms with Gasteiger partial charge in [0.25, 0.3) is 33.3 Å². The number of hydrogen-bond acceptors (Lipinski definition) is 10. The molecule has 2 saturated heterocycles. The highest BCUT2D eigenvalue weighted by molar-refractivity contribution is 7.01. The van der Waals surface area contributed by atoms with Crippen LogP contribution in [0.3, 0.4) is 0 Å². The number of ether oxygens (including phenoxy) is 4. The van der Waals surface area contributed by atoms with Gasteiger partial charge < -0.3 is 46.9 Å². The van der Waals surface area contributed by atoms with Gasteiger partial charge in [-0.1, -0.05) is 326 Å². The van der Waals surface area contributed by atoms with Crippen LogP contribution in [0.15, 0.2) is 255 Å². The molecular formula is C79H94O10Si4. The summed E-state index contributed by atoms with van der Waals surface area (Å²) < 4.78 is 61.0. The molecule has 3 fully saturated rings. The Morgan fingerprint density at radius 3 is 1.03 bits per heavy atom. The standard InChI is InChI=1S/C79H94O10Si4/c1-75(2,3)90(57-37-21-13-22-38-57,58-39-23-14-24-40-58)83-55-66-68(80)71(89-93(78(10,11)12,63-49-33-19-34-50-63)64-51-35-20-36-52-64)69(81)74(85-66)86-73-67-65(53-54-82-73)70(88-92(77(7,8)9,61-45-29-17-30-46-61)62-47-31-18-32-48-62)72-79(67,87-72)56-84-91(76(4,5)6,59-41-25-15-26-42-59)60-43-27-16-28-44-60/h13-54,65-74,80-81H,55-56H2,1-12H3/t65-,66-,67-,68-,69-,70-,71+,72+,73+,74+,79-/m1/s1. The van der Waals surface area contributed by atoms with Crippen LogP contribution in [0.5, 0.6) is 0 Å². The van der Waals surface area contributed by atoms with Crippen molar-refractivity contribution in [2.45, 2.75) is 158 Å². The normalized spacial score (nSPS) is 25.2. The lowest BCUT2D eigenvalue weighted by Crippen LogP contribution is -2.73. The van der Waals surface area contributed by atoms with E-state index in [-0.39, 0.29) is 29.2 Å². The third kappa shape index (κ3) is 11.8. The van der Waals surface area contributed by atoms with Gasteiger partial charge in [0.2, 0.25) is 6.29 Å². The molecule has 1 saturated carbocycles. The molecule has 3 aliphatic heterocycles. The topological polar surface area (TPSA) is 118 Å². The zero-order chi connectivity index (χ0) is 65.7. The molecule has 8 aromatic rings. The monoisotopic (exact) mass is 1310 g/mol. The molecular weight excluding hydrogens is 1220 g/mol. The van der Waals surface area contributed by atoms with Crippen molar-refractivity contribution < 1.29 is 46.9 Å². The van der Waals surface area contributed by atoms with Crippen LogP contribution in [0.4, 0.5) is 0 Å². The van der Waals surface area contributed by atoms with Gasteiger partial charge in [0.05, 0.1) is 31.5 Å². The van der Waals surface area contributed by atoms with E-state index in [0.29, 0.717) is 0 Å². The molecule has 12 rings (SSSR count). The Kier molecular flexibility index (Phi) is 18.7. The van der Waals surface area contributed by atoms with E-state index in [0.717, 1.165) is 41.5 Å². The Balaban J connectivity index is 0.998. The van der Waals surface area contributed by atoms with E-state index < -0.39 is 104 Å². The molecule has 486 valence electrons. The molecule has 10 nitrogen and oxygen atoms in total. The summed E-state index contributed by atoms with van der Waals surface area (Å²) in [7, 11) is -13.2. The third-order valence-corrected chi connectivity index (χ3v) is 40.5. The number of fused-ring (bicyclic) bond motifs is 3. The first-order valence-electron chi connectivity index (χ1n) is 33.2. The molecule has 0 radical (unpaired) electrons. The first kappa shape index (κ1) is 66.8. The van der Waals surface area contributed by atoms with Gasteiger partial charge in [0.15, 0.2) is 6.29 Å². The van der Waals surface area contributed by atoms with Crippen molar-refractivity contribution in [2.75, 3.05) is 13.2 Å². The van der Waals surface area contributed by atoms with Gasteiger partial charge in [-0.15, -0.1) is 0 Å². The Labute approximate surface area is 556 Å². The van der Waals surface area contributed by atoms with Gasteiger partial charge in [-0.25, -0.2) is 0 Å². The smallest absolute Gasteiger partial charge is 0.261 e. The minimum Gasteiger partial charge on any atom is -0.472 e. The van der Waals surface area contributed by atoms with Crippen molar-refractivity contribution in [3.05, 3.63) is 255 Å². The maximum Gasteiger partial charge on any atom is 0.261 e. The summed E-state index contributed by atoms with van der Waals surface area (Å²) in [6, 6.07) is 84.5. The molecule has 11 atom stereocenters. The average molecular weight is 1320 g/mol. The molecule has 0 aromatic heterocycles. The van der Waals surface area contributed by atoms with Crippen LogP contribution in [-0.4, -0.2) is 112 Å². The highest BCUT2D eigenvalue weighted by Crippen LogP contribution is 2.63. The molecule has 3 heterocycles.